The van der Waals surface area contributed by atoms with Crippen molar-refractivity contribution in [2.24, 2.45) is 0 Å². The molecule has 1 fully saturated rings. The lowest BCUT2D eigenvalue weighted by Crippen LogP contribution is -2.42. The molecule has 0 aromatic carbocycles. The van der Waals surface area contributed by atoms with Crippen LogP contribution in [0.3, 0.4) is 0 Å². The molecule has 2 rings (SSSR count). The van der Waals surface area contributed by atoms with E-state index >= 15 is 0 Å². The first-order valence-corrected chi connectivity index (χ1v) is 6.92. The van der Waals surface area contributed by atoms with E-state index in [2.05, 4.69) is 4.98 Å². The molecule has 1 aromatic heterocycles. The molecule has 1 heterocycles. The third-order valence-electron chi connectivity index (χ3n) is 3.70. The maximum absolute atomic E-state index is 12.6. The number of amides is 1. The van der Waals surface area contributed by atoms with Crippen molar-refractivity contribution in [3.8, 4) is 0 Å². The van der Waals surface area contributed by atoms with Crippen LogP contribution in [0.1, 0.15) is 41.7 Å². The Bertz CT molecular complexity index is 496. The minimum Gasteiger partial charge on any atom is -0.468 e. The Morgan fingerprint density at radius 2 is 2.10 bits per heavy atom. The largest absolute Gasteiger partial charge is 0.468 e. The van der Waals surface area contributed by atoms with Gasteiger partial charge in [-0.1, -0.05) is 12.8 Å². The molecule has 0 atom stereocenters. The molecule has 0 spiro atoms. The molecule has 0 bridgehead atoms. The van der Waals surface area contributed by atoms with Crippen LogP contribution < -0.4 is 0 Å². The second-order valence-electron chi connectivity index (χ2n) is 5.13. The maximum Gasteiger partial charge on any atom is 0.325 e. The number of aryl methyl sites for hydroxylation is 1. The minimum absolute atomic E-state index is 0.0152. The van der Waals surface area contributed by atoms with Gasteiger partial charge in [-0.3, -0.25) is 14.6 Å². The smallest absolute Gasteiger partial charge is 0.325 e. The predicted molar refractivity (Wildman–Crippen MR) is 74.3 cm³/mol. The normalized spacial score (nSPS) is 15.1. The molecule has 5 heteroatoms. The average Bonchev–Trinajstić information content (AvgIpc) is 2.97. The Hall–Kier alpha value is -1.91. The summed E-state index contributed by atoms with van der Waals surface area (Å²) in [6, 6.07) is 3.57. The van der Waals surface area contributed by atoms with Crippen molar-refractivity contribution in [1.82, 2.24) is 9.88 Å². The standard InChI is InChI=1S/C15H20N2O3/c1-11-9-12(7-8-16-11)15(19)17(10-14(18)20-2)13-5-3-4-6-13/h7-9,13H,3-6,10H2,1-2H3. The van der Waals surface area contributed by atoms with Crippen LogP contribution in [0.15, 0.2) is 18.3 Å². The first kappa shape index (κ1) is 14.5. The minimum atomic E-state index is -0.379. The third kappa shape index (κ3) is 3.35. The predicted octanol–water partition coefficient (Wildman–Crippen LogP) is 1.95. The lowest BCUT2D eigenvalue weighted by atomic mass is 10.1. The molecule has 108 valence electrons. The summed E-state index contributed by atoms with van der Waals surface area (Å²) in [5, 5.41) is 0. The quantitative estimate of drug-likeness (QED) is 0.789. The fourth-order valence-electron chi connectivity index (χ4n) is 2.63. The number of nitrogens with zero attached hydrogens (tertiary/aromatic N) is 2. The molecule has 1 aromatic rings. The highest BCUT2D eigenvalue weighted by Crippen LogP contribution is 2.25. The molecule has 20 heavy (non-hydrogen) atoms. The SMILES string of the molecule is COC(=O)CN(C(=O)c1ccnc(C)c1)C1CCCC1. The number of aromatic nitrogens is 1. The molecule has 1 aliphatic carbocycles. The molecular weight excluding hydrogens is 256 g/mol. The third-order valence-corrected chi connectivity index (χ3v) is 3.70. The molecule has 0 saturated heterocycles. The Balaban J connectivity index is 2.20. The molecular formula is C15H20N2O3. The number of carbonyl (C=O) groups is 2. The van der Waals surface area contributed by atoms with Crippen molar-refractivity contribution in [2.75, 3.05) is 13.7 Å². The van der Waals surface area contributed by atoms with E-state index in [0.29, 0.717) is 5.56 Å². The van der Waals surface area contributed by atoms with Crippen molar-refractivity contribution < 1.29 is 14.3 Å². The van der Waals surface area contributed by atoms with Crippen LogP contribution in [0.2, 0.25) is 0 Å². The van der Waals surface area contributed by atoms with E-state index in [1.54, 1.807) is 23.2 Å². The van der Waals surface area contributed by atoms with Gasteiger partial charge in [0.25, 0.3) is 5.91 Å². The number of pyridine rings is 1. The number of rotatable bonds is 4. The van der Waals surface area contributed by atoms with E-state index in [9.17, 15) is 9.59 Å². The zero-order valence-corrected chi connectivity index (χ0v) is 12.0. The van der Waals surface area contributed by atoms with Crippen molar-refractivity contribution in [1.29, 1.82) is 0 Å². The number of methoxy groups -OCH3 is 1. The van der Waals surface area contributed by atoms with Gasteiger partial charge in [-0.25, -0.2) is 0 Å². The highest BCUT2D eigenvalue weighted by Gasteiger charge is 2.29. The summed E-state index contributed by atoms with van der Waals surface area (Å²) in [6.45, 7) is 1.86. The maximum atomic E-state index is 12.6. The van der Waals surface area contributed by atoms with Crippen molar-refractivity contribution >= 4 is 11.9 Å². The van der Waals surface area contributed by atoms with Crippen molar-refractivity contribution in [3.05, 3.63) is 29.6 Å². The molecule has 5 nitrogen and oxygen atoms in total. The van der Waals surface area contributed by atoms with Crippen LogP contribution in [0.25, 0.3) is 0 Å². The first-order chi connectivity index (χ1) is 9.61. The summed E-state index contributed by atoms with van der Waals surface area (Å²) in [5.41, 5.74) is 1.37. The van der Waals surface area contributed by atoms with Crippen molar-refractivity contribution in [2.45, 2.75) is 38.6 Å². The van der Waals surface area contributed by atoms with Gasteiger partial charge in [0.1, 0.15) is 6.54 Å². The molecule has 0 unspecified atom stereocenters. The van der Waals surface area contributed by atoms with Crippen LogP contribution in [0.4, 0.5) is 0 Å². The van der Waals surface area contributed by atoms with E-state index in [-0.39, 0.29) is 24.5 Å². The number of hydrogen-bond donors (Lipinski definition) is 0. The summed E-state index contributed by atoms with van der Waals surface area (Å²) < 4.78 is 4.70. The number of ether oxygens (including phenoxy) is 1. The first-order valence-electron chi connectivity index (χ1n) is 6.92. The highest BCUT2D eigenvalue weighted by molar-refractivity contribution is 5.96. The lowest BCUT2D eigenvalue weighted by Gasteiger charge is -2.28. The molecule has 1 saturated carbocycles. The number of carbonyl (C=O) groups excluding carboxylic acids is 2. The van der Waals surface area contributed by atoms with Gasteiger partial charge in [-0.05, 0) is 31.9 Å². The fraction of sp³-hybridized carbons (Fsp3) is 0.533. The lowest BCUT2D eigenvalue weighted by molar-refractivity contribution is -0.141. The highest BCUT2D eigenvalue weighted by atomic mass is 16.5. The topological polar surface area (TPSA) is 59.5 Å². The van der Waals surface area contributed by atoms with Crippen LogP contribution in [-0.2, 0) is 9.53 Å². The van der Waals surface area contributed by atoms with Crippen LogP contribution in [-0.4, -0.2) is 41.5 Å². The molecule has 1 amide bonds. The van der Waals surface area contributed by atoms with Gasteiger partial charge in [0, 0.05) is 23.5 Å². The summed E-state index contributed by atoms with van der Waals surface area (Å²) in [6.07, 6.45) is 5.73. The average molecular weight is 276 g/mol. The Morgan fingerprint density at radius 1 is 1.40 bits per heavy atom. The Labute approximate surface area is 118 Å². The monoisotopic (exact) mass is 276 g/mol. The summed E-state index contributed by atoms with van der Waals surface area (Å²) >= 11 is 0. The van der Waals surface area contributed by atoms with Gasteiger partial charge in [0.15, 0.2) is 0 Å². The zero-order chi connectivity index (χ0) is 14.5. The van der Waals surface area contributed by atoms with Gasteiger partial charge < -0.3 is 9.64 Å². The number of esters is 1. The van der Waals surface area contributed by atoms with Crippen LogP contribution in [0, 0.1) is 6.92 Å². The number of hydrogen-bond acceptors (Lipinski definition) is 4. The van der Waals surface area contributed by atoms with E-state index in [0.717, 1.165) is 31.4 Å². The summed E-state index contributed by atoms with van der Waals surface area (Å²) in [4.78, 5) is 29.9. The van der Waals surface area contributed by atoms with Gasteiger partial charge >= 0.3 is 5.97 Å². The van der Waals surface area contributed by atoms with Crippen LogP contribution >= 0.6 is 0 Å². The van der Waals surface area contributed by atoms with E-state index < -0.39 is 0 Å². The molecule has 0 aliphatic heterocycles. The van der Waals surface area contributed by atoms with Crippen LogP contribution in [0.5, 0.6) is 0 Å². The van der Waals surface area contributed by atoms with E-state index in [1.165, 1.54) is 7.11 Å². The Kier molecular flexibility index (Phi) is 4.71. The zero-order valence-electron chi connectivity index (χ0n) is 12.0. The fourth-order valence-corrected chi connectivity index (χ4v) is 2.63. The van der Waals surface area contributed by atoms with Gasteiger partial charge in [0.2, 0.25) is 0 Å². The van der Waals surface area contributed by atoms with Gasteiger partial charge in [-0.15, -0.1) is 0 Å². The van der Waals surface area contributed by atoms with Gasteiger partial charge in [-0.2, -0.15) is 0 Å². The molecule has 0 N–H and O–H groups in total. The van der Waals surface area contributed by atoms with E-state index in [1.807, 2.05) is 6.92 Å². The second-order valence-corrected chi connectivity index (χ2v) is 5.13. The van der Waals surface area contributed by atoms with Gasteiger partial charge in [0.05, 0.1) is 7.11 Å². The Morgan fingerprint density at radius 3 is 2.70 bits per heavy atom. The van der Waals surface area contributed by atoms with Crippen molar-refractivity contribution in [3.63, 3.8) is 0 Å². The second kappa shape index (κ2) is 6.50. The molecule has 1 aliphatic rings. The summed E-state index contributed by atoms with van der Waals surface area (Å²) in [7, 11) is 1.34. The molecule has 0 radical (unpaired) electrons. The summed E-state index contributed by atoms with van der Waals surface area (Å²) in [5.74, 6) is -0.496. The van der Waals surface area contributed by atoms with E-state index in [4.69, 9.17) is 4.74 Å².